The molecule has 0 radical (unpaired) electrons. The monoisotopic (exact) mass is 858 g/mol. The van der Waals surface area contributed by atoms with Crippen molar-refractivity contribution in [1.29, 1.82) is 0 Å². The summed E-state index contributed by atoms with van der Waals surface area (Å²) >= 11 is 14.1. The third-order valence-electron chi connectivity index (χ3n) is 12.2. The maximum absolute atomic E-state index is 15.6. The SMILES string of the molecule is Cc1cc(OCCCc2c3n(c4c(-c5c(C)nn(C)c5C)cccc24)C(C)[C@@H](Cl)N(c2cn(CC(=O)N4CCOCC4)c4ccc(-c5ncccn5)cc24)C3=O)cc(C)c1Cl. The molecule has 61 heavy (non-hydrogen) atoms. The summed E-state index contributed by atoms with van der Waals surface area (Å²) in [6, 6.07) is 17.5. The number of para-hydroxylation sites is 1. The van der Waals surface area contributed by atoms with Gasteiger partial charge in [0.25, 0.3) is 5.91 Å². The van der Waals surface area contributed by atoms with Crippen molar-refractivity contribution < 1.29 is 19.1 Å². The number of morpholine rings is 1. The Labute approximate surface area is 364 Å². The second-order valence-electron chi connectivity index (χ2n) is 16.1. The molecule has 7 aromatic rings. The van der Waals surface area contributed by atoms with E-state index in [9.17, 15) is 4.79 Å². The number of amides is 2. The van der Waals surface area contributed by atoms with Gasteiger partial charge in [0, 0.05) is 76.9 Å². The van der Waals surface area contributed by atoms with Crippen molar-refractivity contribution in [3.63, 3.8) is 0 Å². The molecule has 1 saturated heterocycles. The third-order valence-corrected chi connectivity index (χ3v) is 13.4. The van der Waals surface area contributed by atoms with Gasteiger partial charge in [-0.15, -0.1) is 0 Å². The Balaban J connectivity index is 1.18. The second kappa shape index (κ2) is 16.3. The molecule has 3 aromatic carbocycles. The fourth-order valence-corrected chi connectivity index (χ4v) is 9.59. The van der Waals surface area contributed by atoms with Gasteiger partial charge in [-0.2, -0.15) is 5.10 Å². The van der Waals surface area contributed by atoms with E-state index in [2.05, 4.69) is 46.6 Å². The number of aromatic nitrogens is 6. The van der Waals surface area contributed by atoms with Gasteiger partial charge >= 0.3 is 0 Å². The molecule has 2 aliphatic heterocycles. The van der Waals surface area contributed by atoms with Crippen molar-refractivity contribution in [3.8, 4) is 28.3 Å². The van der Waals surface area contributed by atoms with Gasteiger partial charge in [0.1, 0.15) is 23.5 Å². The number of carbonyl (C=O) groups excluding carboxylic acids is 2. The molecule has 9 rings (SSSR count). The van der Waals surface area contributed by atoms with Crippen LogP contribution in [0.3, 0.4) is 0 Å². The van der Waals surface area contributed by atoms with E-state index in [1.165, 1.54) is 0 Å². The zero-order valence-electron chi connectivity index (χ0n) is 35.2. The second-order valence-corrected chi connectivity index (χ2v) is 16.9. The van der Waals surface area contributed by atoms with Gasteiger partial charge < -0.3 is 23.5 Å². The Morgan fingerprint density at radius 3 is 2.41 bits per heavy atom. The van der Waals surface area contributed by atoms with Crippen molar-refractivity contribution in [1.82, 2.24) is 33.8 Å². The van der Waals surface area contributed by atoms with E-state index in [1.54, 1.807) is 23.4 Å². The number of carbonyl (C=O) groups is 2. The minimum Gasteiger partial charge on any atom is -0.494 e. The lowest BCUT2D eigenvalue weighted by Gasteiger charge is -2.38. The van der Waals surface area contributed by atoms with Gasteiger partial charge in [-0.05, 0) is 101 Å². The van der Waals surface area contributed by atoms with Crippen LogP contribution in [-0.2, 0) is 29.5 Å². The largest absolute Gasteiger partial charge is 0.494 e. The number of fused-ring (bicyclic) bond motifs is 4. The van der Waals surface area contributed by atoms with Crippen molar-refractivity contribution in [2.24, 2.45) is 7.05 Å². The summed E-state index contributed by atoms with van der Waals surface area (Å²) in [6.45, 7) is 12.7. The fourth-order valence-electron chi connectivity index (χ4n) is 9.17. The molecule has 0 N–H and O–H groups in total. The molecule has 1 fully saturated rings. The van der Waals surface area contributed by atoms with Crippen LogP contribution >= 0.6 is 23.2 Å². The van der Waals surface area contributed by atoms with Gasteiger partial charge in [-0.3, -0.25) is 19.2 Å². The maximum Gasteiger partial charge on any atom is 0.276 e. The topological polar surface area (TPSA) is 113 Å². The Morgan fingerprint density at radius 1 is 0.967 bits per heavy atom. The van der Waals surface area contributed by atoms with Crippen LogP contribution in [0.4, 0.5) is 5.69 Å². The predicted molar refractivity (Wildman–Crippen MR) is 240 cm³/mol. The smallest absolute Gasteiger partial charge is 0.276 e. The normalized spacial score (nSPS) is 16.8. The summed E-state index contributed by atoms with van der Waals surface area (Å²) in [5.41, 5.74) is 9.74. The molecule has 2 aliphatic rings. The highest BCUT2D eigenvalue weighted by molar-refractivity contribution is 6.32. The number of rotatable bonds is 10. The molecule has 1 unspecified atom stereocenters. The summed E-state index contributed by atoms with van der Waals surface area (Å²) in [5, 5.41) is 7.26. The summed E-state index contributed by atoms with van der Waals surface area (Å²) in [5.74, 6) is 1.07. The van der Waals surface area contributed by atoms with E-state index in [0.717, 1.165) is 77.3 Å². The van der Waals surface area contributed by atoms with Crippen LogP contribution in [0, 0.1) is 27.7 Å². The van der Waals surface area contributed by atoms with Crippen molar-refractivity contribution in [3.05, 3.63) is 112 Å². The standard InChI is InChI=1S/C47H48Cl2N8O4/c1-27-22-33(23-28(2)42(27)48)61-19-8-12-35-34-10-7-11-36(41-29(3)52-53(6)30(41)4)43(34)56-31(5)45(49)57(47(59)44(35)56)39-25-55(26-40(58)54-17-20-60-21-18-54)38-14-13-32(24-37(38)39)46-50-15-9-16-51-46/h7,9-11,13-16,22-25,31,45H,8,12,17-21,26H2,1-6H3/t31?,45-/m0/s1. The highest BCUT2D eigenvalue weighted by Gasteiger charge is 2.42. The van der Waals surface area contributed by atoms with E-state index in [0.29, 0.717) is 63.0 Å². The number of nitrogens with zero attached hydrogens (tertiary/aromatic N) is 8. The average molecular weight is 860 g/mol. The van der Waals surface area contributed by atoms with E-state index in [4.69, 9.17) is 37.8 Å². The number of ether oxygens (including phenoxy) is 2. The fraction of sp³-hybridized carbons (Fsp3) is 0.340. The summed E-state index contributed by atoms with van der Waals surface area (Å²) in [6.07, 6.45) is 6.53. The molecular formula is C47H48Cl2N8O4. The lowest BCUT2D eigenvalue weighted by atomic mass is 9.98. The van der Waals surface area contributed by atoms with Crippen LogP contribution in [0.25, 0.3) is 44.3 Å². The van der Waals surface area contributed by atoms with Gasteiger partial charge in [0.2, 0.25) is 5.91 Å². The zero-order valence-corrected chi connectivity index (χ0v) is 36.7. The lowest BCUT2D eigenvalue weighted by molar-refractivity contribution is -0.135. The molecule has 2 atom stereocenters. The highest BCUT2D eigenvalue weighted by Crippen LogP contribution is 2.46. The van der Waals surface area contributed by atoms with Crippen LogP contribution in [0.2, 0.25) is 5.02 Å². The molecule has 314 valence electrons. The van der Waals surface area contributed by atoms with Gasteiger partial charge in [0.15, 0.2) is 5.82 Å². The van der Waals surface area contributed by atoms with E-state index in [-0.39, 0.29) is 24.4 Å². The number of alkyl halides is 1. The molecule has 2 amide bonds. The van der Waals surface area contributed by atoms with Crippen molar-refractivity contribution >= 4 is 62.5 Å². The molecule has 12 nitrogen and oxygen atoms in total. The summed E-state index contributed by atoms with van der Waals surface area (Å²) in [4.78, 5) is 41.9. The molecular weight excluding hydrogens is 811 g/mol. The Morgan fingerprint density at radius 2 is 1.70 bits per heavy atom. The first-order chi connectivity index (χ1) is 29.4. The van der Waals surface area contributed by atoms with E-state index >= 15 is 4.79 Å². The van der Waals surface area contributed by atoms with Crippen LogP contribution < -0.4 is 9.64 Å². The third kappa shape index (κ3) is 7.14. The van der Waals surface area contributed by atoms with Crippen LogP contribution in [0.1, 0.15) is 58.0 Å². The lowest BCUT2D eigenvalue weighted by Crippen LogP contribution is -2.47. The highest BCUT2D eigenvalue weighted by atomic mass is 35.5. The minimum atomic E-state index is -0.794. The quantitative estimate of drug-likeness (QED) is 0.0767. The number of halogens is 2. The molecule has 14 heteroatoms. The van der Waals surface area contributed by atoms with Crippen molar-refractivity contribution in [2.45, 2.75) is 65.5 Å². The first-order valence-electron chi connectivity index (χ1n) is 20.7. The molecule has 0 bridgehead atoms. The van der Waals surface area contributed by atoms with E-state index in [1.807, 2.05) is 78.5 Å². The van der Waals surface area contributed by atoms with Crippen LogP contribution in [0.5, 0.6) is 5.75 Å². The van der Waals surface area contributed by atoms with Crippen LogP contribution in [-0.4, -0.2) is 84.0 Å². The Kier molecular flexibility index (Phi) is 10.9. The number of hydrogen-bond acceptors (Lipinski definition) is 7. The number of anilines is 1. The van der Waals surface area contributed by atoms with Gasteiger partial charge in [-0.25, -0.2) is 9.97 Å². The molecule has 0 saturated carbocycles. The average Bonchev–Trinajstić information content (AvgIpc) is 3.88. The summed E-state index contributed by atoms with van der Waals surface area (Å²) in [7, 11) is 1.95. The van der Waals surface area contributed by atoms with Crippen molar-refractivity contribution in [2.75, 3.05) is 37.8 Å². The first-order valence-corrected chi connectivity index (χ1v) is 21.5. The first kappa shape index (κ1) is 40.7. The Bertz CT molecular complexity index is 2820. The molecule has 0 spiro atoms. The zero-order chi connectivity index (χ0) is 42.7. The Hall–Kier alpha value is -5.69. The molecule has 0 aliphatic carbocycles. The predicted octanol–water partition coefficient (Wildman–Crippen LogP) is 9.00. The minimum absolute atomic E-state index is 0.0231. The van der Waals surface area contributed by atoms with Gasteiger partial charge in [0.05, 0.1) is 48.3 Å². The maximum atomic E-state index is 15.6. The van der Waals surface area contributed by atoms with Gasteiger partial charge in [-0.1, -0.05) is 41.4 Å². The number of aryl methyl sites for hydroxylation is 5. The molecule has 4 aromatic heterocycles. The van der Waals surface area contributed by atoms with Crippen LogP contribution in [0.15, 0.2) is 73.2 Å². The van der Waals surface area contributed by atoms with E-state index < -0.39 is 5.50 Å². The number of hydrogen-bond donors (Lipinski definition) is 0. The molecule has 6 heterocycles. The summed E-state index contributed by atoms with van der Waals surface area (Å²) < 4.78 is 17.8. The number of benzene rings is 3.